The summed E-state index contributed by atoms with van der Waals surface area (Å²) < 4.78 is 1.14. The van der Waals surface area contributed by atoms with Crippen LogP contribution in [0.1, 0.15) is 24.1 Å². The van der Waals surface area contributed by atoms with Gasteiger partial charge in [-0.3, -0.25) is 0 Å². The second-order valence-electron chi connectivity index (χ2n) is 2.83. The number of fused-ring (bicyclic) bond motifs is 1. The molecule has 54 valence electrons. The maximum Gasteiger partial charge on any atom is 0.0825 e. The number of rotatable bonds is 0. The van der Waals surface area contributed by atoms with Gasteiger partial charge in [0.25, 0.3) is 0 Å². The fourth-order valence-electron chi connectivity index (χ4n) is 1.56. The van der Waals surface area contributed by atoms with Crippen molar-refractivity contribution in [2.45, 2.75) is 25.7 Å². The first-order valence-corrected chi connectivity index (χ1v) is 4.52. The van der Waals surface area contributed by atoms with E-state index in [1.54, 1.807) is 0 Å². The van der Waals surface area contributed by atoms with Crippen molar-refractivity contribution in [1.29, 1.82) is 0 Å². The van der Waals surface area contributed by atoms with Crippen LogP contribution in [0.4, 0.5) is 0 Å². The maximum atomic E-state index is 3.44. The van der Waals surface area contributed by atoms with Crippen LogP contribution in [0.15, 0.2) is 10.7 Å². The van der Waals surface area contributed by atoms with Crippen LogP contribution in [0.25, 0.3) is 0 Å². The van der Waals surface area contributed by atoms with Crippen LogP contribution < -0.4 is 0 Å². The molecule has 1 nitrogen and oxygen atoms in total. The predicted octanol–water partition coefficient (Wildman–Crippen LogP) is 2.66. The van der Waals surface area contributed by atoms with Crippen molar-refractivity contribution in [2.75, 3.05) is 0 Å². The highest BCUT2D eigenvalue weighted by Gasteiger charge is 2.10. The van der Waals surface area contributed by atoms with Gasteiger partial charge in [0, 0.05) is 5.69 Å². The van der Waals surface area contributed by atoms with E-state index in [-0.39, 0.29) is 0 Å². The summed E-state index contributed by atoms with van der Waals surface area (Å²) in [4.78, 5) is 3.31. The molecule has 0 amide bonds. The zero-order valence-corrected chi connectivity index (χ0v) is 7.37. The zero-order chi connectivity index (χ0) is 6.97. The van der Waals surface area contributed by atoms with Crippen LogP contribution in [0, 0.1) is 0 Å². The molecule has 0 spiro atoms. The molecule has 0 atom stereocenters. The monoisotopic (exact) mass is 199 g/mol. The van der Waals surface area contributed by atoms with Crippen molar-refractivity contribution in [1.82, 2.24) is 4.98 Å². The van der Waals surface area contributed by atoms with Gasteiger partial charge in [-0.25, -0.2) is 0 Å². The molecular formula is C8H10BrN. The molecule has 0 unspecified atom stereocenters. The quantitative estimate of drug-likeness (QED) is 0.662. The van der Waals surface area contributed by atoms with Crippen molar-refractivity contribution < 1.29 is 0 Å². The fraction of sp³-hybridized carbons (Fsp3) is 0.500. The molecule has 0 saturated heterocycles. The Labute approximate surface area is 69.0 Å². The van der Waals surface area contributed by atoms with E-state index in [1.807, 2.05) is 0 Å². The Kier molecular flexibility index (Phi) is 1.57. The summed E-state index contributed by atoms with van der Waals surface area (Å²) >= 11 is 3.44. The highest BCUT2D eigenvalue weighted by molar-refractivity contribution is 9.10. The molecule has 1 heterocycles. The average Bonchev–Trinajstić information content (AvgIpc) is 2.27. The minimum Gasteiger partial charge on any atom is -0.353 e. The Bertz CT molecular complexity index is 216. The largest absolute Gasteiger partial charge is 0.353 e. The van der Waals surface area contributed by atoms with Crippen LogP contribution in [0.2, 0.25) is 0 Å². The number of aryl methyl sites for hydroxylation is 2. The minimum absolute atomic E-state index is 1.14. The molecule has 0 radical (unpaired) electrons. The highest BCUT2D eigenvalue weighted by Crippen LogP contribution is 2.23. The number of hydrogen-bond donors (Lipinski definition) is 1. The third-order valence-corrected chi connectivity index (χ3v) is 2.51. The standard InChI is InChI=1S/C8H10BrN/c9-8-5-6-3-1-2-4-7(6)10-8/h5,10H,1-4H2. The third kappa shape index (κ3) is 1.01. The van der Waals surface area contributed by atoms with E-state index in [0.29, 0.717) is 0 Å². The summed E-state index contributed by atoms with van der Waals surface area (Å²) in [6.07, 6.45) is 5.20. The zero-order valence-electron chi connectivity index (χ0n) is 5.78. The molecule has 1 aromatic heterocycles. The van der Waals surface area contributed by atoms with Gasteiger partial charge in [-0.1, -0.05) is 0 Å². The van der Waals surface area contributed by atoms with Gasteiger partial charge < -0.3 is 4.98 Å². The van der Waals surface area contributed by atoms with Gasteiger partial charge in [0.2, 0.25) is 0 Å². The molecule has 1 N–H and O–H groups in total. The second-order valence-corrected chi connectivity index (χ2v) is 3.68. The molecule has 0 aliphatic heterocycles. The molecule has 1 aliphatic carbocycles. The van der Waals surface area contributed by atoms with Crippen LogP contribution >= 0.6 is 15.9 Å². The van der Waals surface area contributed by atoms with E-state index in [1.165, 1.54) is 36.9 Å². The van der Waals surface area contributed by atoms with E-state index >= 15 is 0 Å². The van der Waals surface area contributed by atoms with E-state index in [4.69, 9.17) is 0 Å². The van der Waals surface area contributed by atoms with Gasteiger partial charge in [0.15, 0.2) is 0 Å². The maximum absolute atomic E-state index is 3.44. The van der Waals surface area contributed by atoms with Crippen LogP contribution in [0.3, 0.4) is 0 Å². The van der Waals surface area contributed by atoms with Crippen molar-refractivity contribution in [3.8, 4) is 0 Å². The number of hydrogen-bond acceptors (Lipinski definition) is 0. The first kappa shape index (κ1) is 6.47. The molecule has 0 saturated carbocycles. The Hall–Kier alpha value is -0.240. The summed E-state index contributed by atoms with van der Waals surface area (Å²) in [5.41, 5.74) is 2.95. The lowest BCUT2D eigenvalue weighted by atomic mass is 9.98. The Morgan fingerprint density at radius 2 is 2.10 bits per heavy atom. The van der Waals surface area contributed by atoms with Crippen molar-refractivity contribution >= 4 is 15.9 Å². The summed E-state index contributed by atoms with van der Waals surface area (Å²) in [5, 5.41) is 0. The smallest absolute Gasteiger partial charge is 0.0825 e. The van der Waals surface area contributed by atoms with Gasteiger partial charge in [0.1, 0.15) is 0 Å². The molecule has 2 rings (SSSR count). The Balaban J connectivity index is 2.41. The Morgan fingerprint density at radius 1 is 1.30 bits per heavy atom. The third-order valence-electron chi connectivity index (χ3n) is 2.08. The molecule has 2 heteroatoms. The van der Waals surface area contributed by atoms with E-state index in [9.17, 15) is 0 Å². The molecule has 0 aromatic carbocycles. The molecule has 0 bridgehead atoms. The minimum atomic E-state index is 1.14. The average molecular weight is 200 g/mol. The lowest BCUT2D eigenvalue weighted by molar-refractivity contribution is 0.677. The summed E-state index contributed by atoms with van der Waals surface area (Å²) in [5.74, 6) is 0. The lowest BCUT2D eigenvalue weighted by Gasteiger charge is -2.08. The SMILES string of the molecule is Brc1cc2c([nH]1)CCCC2. The molecule has 1 aliphatic rings. The van der Waals surface area contributed by atoms with Crippen molar-refractivity contribution in [3.63, 3.8) is 0 Å². The van der Waals surface area contributed by atoms with E-state index in [2.05, 4.69) is 27.0 Å². The van der Waals surface area contributed by atoms with Gasteiger partial charge in [0.05, 0.1) is 4.60 Å². The summed E-state index contributed by atoms with van der Waals surface area (Å²) in [6.45, 7) is 0. The normalized spacial score (nSPS) is 16.9. The van der Waals surface area contributed by atoms with Gasteiger partial charge in [-0.2, -0.15) is 0 Å². The van der Waals surface area contributed by atoms with Crippen LogP contribution in [-0.4, -0.2) is 4.98 Å². The first-order valence-electron chi connectivity index (χ1n) is 3.72. The number of aromatic amines is 1. The van der Waals surface area contributed by atoms with Gasteiger partial charge in [-0.05, 0) is 53.2 Å². The van der Waals surface area contributed by atoms with Crippen LogP contribution in [0.5, 0.6) is 0 Å². The lowest BCUT2D eigenvalue weighted by Crippen LogP contribution is -1.99. The molecule has 10 heavy (non-hydrogen) atoms. The van der Waals surface area contributed by atoms with Crippen LogP contribution in [-0.2, 0) is 12.8 Å². The van der Waals surface area contributed by atoms with E-state index in [0.717, 1.165) is 4.60 Å². The summed E-state index contributed by atoms with van der Waals surface area (Å²) in [6, 6.07) is 2.20. The fourth-order valence-corrected chi connectivity index (χ4v) is 2.08. The molecule has 1 aromatic rings. The first-order chi connectivity index (χ1) is 4.86. The summed E-state index contributed by atoms with van der Waals surface area (Å²) in [7, 11) is 0. The van der Waals surface area contributed by atoms with Crippen molar-refractivity contribution in [2.24, 2.45) is 0 Å². The van der Waals surface area contributed by atoms with E-state index < -0.39 is 0 Å². The van der Waals surface area contributed by atoms with Gasteiger partial charge in [-0.15, -0.1) is 0 Å². The number of nitrogens with one attached hydrogen (secondary N) is 1. The molecule has 0 fully saturated rings. The van der Waals surface area contributed by atoms with Gasteiger partial charge >= 0.3 is 0 Å². The highest BCUT2D eigenvalue weighted by atomic mass is 79.9. The Morgan fingerprint density at radius 3 is 2.90 bits per heavy atom. The second kappa shape index (κ2) is 2.42. The topological polar surface area (TPSA) is 15.8 Å². The number of aromatic nitrogens is 1. The number of halogens is 1. The molecular weight excluding hydrogens is 190 g/mol. The predicted molar refractivity (Wildman–Crippen MR) is 45.1 cm³/mol. The number of H-pyrrole nitrogens is 1. The van der Waals surface area contributed by atoms with Crippen molar-refractivity contribution in [3.05, 3.63) is 21.9 Å².